The predicted octanol–water partition coefficient (Wildman–Crippen LogP) is 2.80. The van der Waals surface area contributed by atoms with Gasteiger partial charge in [0.05, 0.1) is 4.90 Å². The molecule has 1 amide bonds. The Balaban J connectivity index is 1.54. The van der Waals surface area contributed by atoms with Gasteiger partial charge in [-0.1, -0.05) is 18.0 Å². The number of nitrogens with one attached hydrogen (secondary N) is 1. The third kappa shape index (κ3) is 3.92. The highest BCUT2D eigenvalue weighted by Crippen LogP contribution is 2.36. The molecule has 1 aliphatic carbocycles. The Morgan fingerprint density at radius 2 is 1.88 bits per heavy atom. The molecule has 0 radical (unpaired) electrons. The molecule has 1 aromatic rings. The topological polar surface area (TPSA) is 66.5 Å². The molecule has 2 aliphatic rings. The van der Waals surface area contributed by atoms with E-state index < -0.39 is 10.0 Å². The Bertz CT molecular complexity index is 690. The van der Waals surface area contributed by atoms with Gasteiger partial charge in [0, 0.05) is 30.6 Å². The molecule has 5 nitrogen and oxygen atoms in total. The van der Waals surface area contributed by atoms with E-state index in [0.717, 1.165) is 19.4 Å². The van der Waals surface area contributed by atoms with E-state index in [0.29, 0.717) is 17.0 Å². The number of piperidine rings is 1. The van der Waals surface area contributed by atoms with Crippen LogP contribution in [0.25, 0.3) is 0 Å². The summed E-state index contributed by atoms with van der Waals surface area (Å²) in [5.41, 5.74) is 0. The van der Waals surface area contributed by atoms with Crippen LogP contribution in [0.5, 0.6) is 0 Å². The number of rotatable bonds is 5. The Kier molecular flexibility index (Phi) is 5.47. The highest BCUT2D eigenvalue weighted by atomic mass is 35.5. The zero-order chi connectivity index (χ0) is 17.2. The van der Waals surface area contributed by atoms with Gasteiger partial charge in [-0.3, -0.25) is 4.79 Å². The lowest BCUT2D eigenvalue weighted by Crippen LogP contribution is -2.47. The minimum Gasteiger partial charge on any atom is -0.339 e. The average Bonchev–Trinajstić information content (AvgIpc) is 3.03. The van der Waals surface area contributed by atoms with E-state index in [1.54, 1.807) is 0 Å². The fourth-order valence-corrected chi connectivity index (χ4v) is 5.05. The van der Waals surface area contributed by atoms with Crippen molar-refractivity contribution in [2.75, 3.05) is 13.1 Å². The van der Waals surface area contributed by atoms with Crippen LogP contribution in [0.1, 0.15) is 38.5 Å². The molecule has 0 spiro atoms. The van der Waals surface area contributed by atoms with Crippen molar-refractivity contribution in [3.05, 3.63) is 29.3 Å². The van der Waals surface area contributed by atoms with Crippen LogP contribution >= 0.6 is 11.6 Å². The van der Waals surface area contributed by atoms with Crippen LogP contribution in [-0.2, 0) is 14.8 Å². The van der Waals surface area contributed by atoms with Gasteiger partial charge >= 0.3 is 0 Å². The molecular weight excluding hydrogens is 348 g/mol. The third-order valence-electron chi connectivity index (χ3n) is 5.07. The number of halogens is 1. The van der Waals surface area contributed by atoms with Crippen molar-refractivity contribution in [3.8, 4) is 0 Å². The standard InChI is InChI=1S/C17H23ClN2O3S/c18-14-6-8-15(9-7-14)24(22,23)19-11-10-17(21)20-12-2-4-13-3-1-5-16(13)20/h6-9,13,16,19H,1-5,10-12H2/t13-,16+/m0/s1. The molecular formula is C17H23ClN2O3S. The van der Waals surface area contributed by atoms with Crippen molar-refractivity contribution in [1.29, 1.82) is 0 Å². The lowest BCUT2D eigenvalue weighted by Gasteiger charge is -2.38. The first-order valence-electron chi connectivity index (χ1n) is 8.52. The second-order valence-electron chi connectivity index (χ2n) is 6.59. The first kappa shape index (κ1) is 17.7. The molecule has 1 aliphatic heterocycles. The van der Waals surface area contributed by atoms with Gasteiger partial charge in [0.15, 0.2) is 0 Å². The summed E-state index contributed by atoms with van der Waals surface area (Å²) in [7, 11) is -3.60. The smallest absolute Gasteiger partial charge is 0.240 e. The molecule has 2 atom stereocenters. The minimum atomic E-state index is -3.60. The first-order valence-corrected chi connectivity index (χ1v) is 10.4. The quantitative estimate of drug-likeness (QED) is 0.866. The largest absolute Gasteiger partial charge is 0.339 e. The van der Waals surface area contributed by atoms with Gasteiger partial charge in [-0.25, -0.2) is 13.1 Å². The number of benzene rings is 1. The van der Waals surface area contributed by atoms with Gasteiger partial charge in [0.1, 0.15) is 0 Å². The van der Waals surface area contributed by atoms with E-state index in [2.05, 4.69) is 4.72 Å². The Hall–Kier alpha value is -1.11. The van der Waals surface area contributed by atoms with Gasteiger partial charge in [-0.15, -0.1) is 0 Å². The number of carbonyl (C=O) groups is 1. The van der Waals surface area contributed by atoms with Crippen LogP contribution in [0.2, 0.25) is 5.02 Å². The zero-order valence-electron chi connectivity index (χ0n) is 13.6. The van der Waals surface area contributed by atoms with E-state index in [9.17, 15) is 13.2 Å². The number of fused-ring (bicyclic) bond motifs is 1. The maximum absolute atomic E-state index is 12.5. The fourth-order valence-electron chi connectivity index (χ4n) is 3.90. The molecule has 1 heterocycles. The highest BCUT2D eigenvalue weighted by molar-refractivity contribution is 7.89. The van der Waals surface area contributed by atoms with Crippen molar-refractivity contribution in [2.45, 2.75) is 49.5 Å². The summed E-state index contributed by atoms with van der Waals surface area (Å²) in [6, 6.07) is 6.37. The molecule has 3 rings (SSSR count). The Morgan fingerprint density at radius 3 is 2.62 bits per heavy atom. The number of carbonyl (C=O) groups excluding carboxylic acids is 1. The third-order valence-corrected chi connectivity index (χ3v) is 6.80. The van der Waals surface area contributed by atoms with E-state index in [1.165, 1.54) is 43.5 Å². The fraction of sp³-hybridized carbons (Fsp3) is 0.588. The normalized spacial score (nSPS) is 24.0. The number of hydrogen-bond donors (Lipinski definition) is 1. The predicted molar refractivity (Wildman–Crippen MR) is 93.3 cm³/mol. The number of hydrogen-bond acceptors (Lipinski definition) is 3. The molecule has 24 heavy (non-hydrogen) atoms. The van der Waals surface area contributed by atoms with Crippen LogP contribution in [0.3, 0.4) is 0 Å². The first-order chi connectivity index (χ1) is 11.5. The lowest BCUT2D eigenvalue weighted by atomic mass is 9.92. The summed E-state index contributed by atoms with van der Waals surface area (Å²) >= 11 is 5.77. The van der Waals surface area contributed by atoms with Crippen LogP contribution < -0.4 is 4.72 Å². The van der Waals surface area contributed by atoms with Gasteiger partial charge in [0.2, 0.25) is 15.9 Å². The zero-order valence-corrected chi connectivity index (χ0v) is 15.2. The maximum Gasteiger partial charge on any atom is 0.240 e. The van der Waals surface area contributed by atoms with Crippen LogP contribution in [0.15, 0.2) is 29.2 Å². The van der Waals surface area contributed by atoms with E-state index in [4.69, 9.17) is 11.6 Å². The second-order valence-corrected chi connectivity index (χ2v) is 8.79. The minimum absolute atomic E-state index is 0.0606. The molecule has 0 unspecified atom stereocenters. The molecule has 1 aromatic carbocycles. The molecule has 132 valence electrons. The summed E-state index contributed by atoms with van der Waals surface area (Å²) in [6.07, 6.45) is 5.99. The average molecular weight is 371 g/mol. The second kappa shape index (κ2) is 7.42. The van der Waals surface area contributed by atoms with Crippen LogP contribution in [-0.4, -0.2) is 38.4 Å². The van der Waals surface area contributed by atoms with Crippen molar-refractivity contribution in [2.24, 2.45) is 5.92 Å². The molecule has 0 bridgehead atoms. The summed E-state index contributed by atoms with van der Waals surface area (Å²) < 4.78 is 26.9. The van der Waals surface area contributed by atoms with Gasteiger partial charge in [0.25, 0.3) is 0 Å². The lowest BCUT2D eigenvalue weighted by molar-refractivity contribution is -0.135. The summed E-state index contributed by atoms with van der Waals surface area (Å²) in [6.45, 7) is 0.932. The van der Waals surface area contributed by atoms with E-state index in [-0.39, 0.29) is 23.8 Å². The Labute approximate surface area is 148 Å². The number of likely N-dealkylation sites (tertiary alicyclic amines) is 1. The summed E-state index contributed by atoms with van der Waals surface area (Å²) in [4.78, 5) is 14.6. The van der Waals surface area contributed by atoms with Gasteiger partial charge < -0.3 is 4.90 Å². The molecule has 1 N–H and O–H groups in total. The van der Waals surface area contributed by atoms with Crippen molar-refractivity contribution < 1.29 is 13.2 Å². The highest BCUT2D eigenvalue weighted by Gasteiger charge is 2.36. The molecule has 2 fully saturated rings. The molecule has 7 heteroatoms. The van der Waals surface area contributed by atoms with Crippen molar-refractivity contribution in [1.82, 2.24) is 9.62 Å². The number of sulfonamides is 1. The van der Waals surface area contributed by atoms with Gasteiger partial charge in [-0.2, -0.15) is 0 Å². The van der Waals surface area contributed by atoms with Crippen molar-refractivity contribution in [3.63, 3.8) is 0 Å². The van der Waals surface area contributed by atoms with Crippen LogP contribution in [0, 0.1) is 5.92 Å². The SMILES string of the molecule is O=C(CCNS(=O)(=O)c1ccc(Cl)cc1)N1CCC[C@@H]2CCC[C@H]21. The monoisotopic (exact) mass is 370 g/mol. The molecule has 0 aromatic heterocycles. The van der Waals surface area contributed by atoms with Crippen molar-refractivity contribution >= 4 is 27.5 Å². The molecule has 1 saturated heterocycles. The Morgan fingerprint density at radius 1 is 1.17 bits per heavy atom. The van der Waals surface area contributed by atoms with Gasteiger partial charge in [-0.05, 0) is 55.9 Å². The maximum atomic E-state index is 12.5. The van der Waals surface area contributed by atoms with E-state index in [1.807, 2.05) is 4.90 Å². The van der Waals surface area contributed by atoms with Crippen LogP contribution in [0.4, 0.5) is 0 Å². The number of nitrogens with zero attached hydrogens (tertiary/aromatic N) is 1. The van der Waals surface area contributed by atoms with E-state index >= 15 is 0 Å². The number of amides is 1. The summed E-state index contributed by atoms with van der Waals surface area (Å²) in [5, 5.41) is 0.486. The summed E-state index contributed by atoms with van der Waals surface area (Å²) in [5.74, 6) is 0.707. The molecule has 1 saturated carbocycles.